The van der Waals surface area contributed by atoms with E-state index in [9.17, 15) is 0 Å². The van der Waals surface area contributed by atoms with Crippen LogP contribution in [0.2, 0.25) is 0 Å². The first-order chi connectivity index (χ1) is 7.63. The average Bonchev–Trinajstić information content (AvgIpc) is 2.54. The summed E-state index contributed by atoms with van der Waals surface area (Å²) < 4.78 is 0. The minimum absolute atomic E-state index is 0.624. The average molecular weight is 229 g/mol. The van der Waals surface area contributed by atoms with Crippen LogP contribution >= 0.6 is 0 Å². The summed E-state index contributed by atoms with van der Waals surface area (Å²) in [5.74, 6) is 0. The van der Waals surface area contributed by atoms with Crippen LogP contribution < -0.4 is 5.73 Å². The number of hydrogen-bond donors (Lipinski definition) is 1. The molecule has 0 unspecified atom stereocenters. The van der Waals surface area contributed by atoms with E-state index in [0.29, 0.717) is 6.54 Å². The maximum atomic E-state index is 5.61. The Balaban J connectivity index is 2.41. The summed E-state index contributed by atoms with van der Waals surface area (Å²) in [6.07, 6.45) is 1.19. The van der Waals surface area contributed by atoms with E-state index in [4.69, 9.17) is 5.73 Å². The van der Waals surface area contributed by atoms with Gasteiger partial charge in [-0.2, -0.15) is 0 Å². The largest absolute Gasteiger partial charge is 0.326 e. The van der Waals surface area contributed by atoms with Gasteiger partial charge in [-0.3, -0.25) is 0 Å². The van der Waals surface area contributed by atoms with Crippen molar-refractivity contribution in [3.8, 4) is 0 Å². The van der Waals surface area contributed by atoms with Gasteiger partial charge < -0.3 is 5.73 Å². The van der Waals surface area contributed by atoms with E-state index in [1.165, 1.54) is 44.5 Å². The Hall–Kier alpha value is -1.12. The number of nitrogens with two attached hydrogens (primary N) is 1. The van der Waals surface area contributed by atoms with Gasteiger partial charge in [0.1, 0.15) is 0 Å². The van der Waals surface area contributed by atoms with Crippen molar-refractivity contribution in [1.29, 1.82) is 0 Å². The highest BCUT2D eigenvalue weighted by molar-refractivity contribution is 6.24. The highest BCUT2D eigenvalue weighted by Gasteiger charge is 2.16. The fraction of sp³-hybridized carbons (Fsp3) is 0.286. The summed E-state index contributed by atoms with van der Waals surface area (Å²) >= 11 is 0. The van der Waals surface area contributed by atoms with Crippen molar-refractivity contribution >= 4 is 15.8 Å². The first-order valence-corrected chi connectivity index (χ1v) is 6.79. The van der Waals surface area contributed by atoms with Crippen LogP contribution in [0.5, 0.6) is 0 Å². The van der Waals surface area contributed by atoms with E-state index in [1.807, 2.05) is 0 Å². The molecule has 0 radical (unpaired) electrons. The molecular formula is C14H19NSi. The first-order valence-electron chi connectivity index (χ1n) is 5.79. The second kappa shape index (κ2) is 4.40. The molecule has 0 aliphatic heterocycles. The SMILES string of the molecule is CC1=C(c2ccc(CN)cc2)C(C)=C([SiH3])C1. The molecule has 1 aliphatic carbocycles. The number of hydrogen-bond acceptors (Lipinski definition) is 1. The van der Waals surface area contributed by atoms with E-state index in [0.717, 1.165) is 0 Å². The summed E-state index contributed by atoms with van der Waals surface area (Å²) in [6, 6.07) is 8.66. The summed E-state index contributed by atoms with van der Waals surface area (Å²) in [6.45, 7) is 5.13. The lowest BCUT2D eigenvalue weighted by molar-refractivity contribution is 1.07. The lowest BCUT2D eigenvalue weighted by Crippen LogP contribution is -1.96. The van der Waals surface area contributed by atoms with Crippen molar-refractivity contribution < 1.29 is 0 Å². The van der Waals surface area contributed by atoms with Crippen LogP contribution in [0, 0.1) is 0 Å². The molecule has 0 amide bonds. The minimum Gasteiger partial charge on any atom is -0.326 e. The molecule has 1 aromatic rings. The third-order valence-corrected chi connectivity index (χ3v) is 4.55. The van der Waals surface area contributed by atoms with Crippen LogP contribution in [-0.2, 0) is 6.54 Å². The Morgan fingerprint density at radius 2 is 1.81 bits per heavy atom. The molecule has 0 heterocycles. The second-order valence-electron chi connectivity index (χ2n) is 4.64. The Bertz CT molecular complexity index is 466. The molecule has 0 spiro atoms. The van der Waals surface area contributed by atoms with E-state index < -0.39 is 0 Å². The molecule has 2 N–H and O–H groups in total. The van der Waals surface area contributed by atoms with Gasteiger partial charge in [0.25, 0.3) is 0 Å². The standard InChI is InChI=1S/C14H19NSi/c1-9-7-13(16)10(2)14(9)12-5-3-11(8-15)4-6-12/h3-6H,7-8,15H2,1-2,16H3. The van der Waals surface area contributed by atoms with Gasteiger partial charge in [0, 0.05) is 16.8 Å². The van der Waals surface area contributed by atoms with Gasteiger partial charge in [0.05, 0.1) is 0 Å². The number of rotatable bonds is 2. The highest BCUT2D eigenvalue weighted by Crippen LogP contribution is 2.36. The highest BCUT2D eigenvalue weighted by atomic mass is 28.1. The normalized spacial score (nSPS) is 16.4. The lowest BCUT2D eigenvalue weighted by atomic mass is 9.98. The summed E-state index contributed by atoms with van der Waals surface area (Å²) in [7, 11) is 1.18. The Labute approximate surface area is 100 Å². The van der Waals surface area contributed by atoms with Crippen molar-refractivity contribution in [1.82, 2.24) is 0 Å². The van der Waals surface area contributed by atoms with Gasteiger partial charge in [-0.05, 0) is 42.5 Å². The monoisotopic (exact) mass is 229 g/mol. The van der Waals surface area contributed by atoms with Crippen molar-refractivity contribution in [3.05, 3.63) is 51.7 Å². The third-order valence-electron chi connectivity index (χ3n) is 3.45. The van der Waals surface area contributed by atoms with Crippen LogP contribution in [-0.4, -0.2) is 10.2 Å². The van der Waals surface area contributed by atoms with Gasteiger partial charge in [-0.15, -0.1) is 0 Å². The van der Waals surface area contributed by atoms with Crippen LogP contribution in [0.25, 0.3) is 5.57 Å². The number of benzene rings is 1. The van der Waals surface area contributed by atoms with Gasteiger partial charge in [0.15, 0.2) is 0 Å². The first kappa shape index (κ1) is 11.4. The molecule has 1 aliphatic rings. The Morgan fingerprint density at radius 3 is 2.25 bits per heavy atom. The van der Waals surface area contributed by atoms with Crippen molar-refractivity contribution in [3.63, 3.8) is 0 Å². The fourth-order valence-corrected chi connectivity index (χ4v) is 3.20. The van der Waals surface area contributed by atoms with Crippen LogP contribution in [0.15, 0.2) is 40.6 Å². The minimum atomic E-state index is 0.624. The molecular weight excluding hydrogens is 210 g/mol. The molecule has 0 atom stereocenters. The van der Waals surface area contributed by atoms with E-state index in [1.54, 1.807) is 5.20 Å². The summed E-state index contributed by atoms with van der Waals surface area (Å²) in [5.41, 5.74) is 12.6. The van der Waals surface area contributed by atoms with Crippen LogP contribution in [0.4, 0.5) is 0 Å². The van der Waals surface area contributed by atoms with Crippen LogP contribution in [0.1, 0.15) is 31.4 Å². The van der Waals surface area contributed by atoms with E-state index in [2.05, 4.69) is 38.1 Å². The van der Waals surface area contributed by atoms with Crippen molar-refractivity contribution in [2.24, 2.45) is 5.73 Å². The maximum absolute atomic E-state index is 5.61. The van der Waals surface area contributed by atoms with Gasteiger partial charge in [-0.25, -0.2) is 0 Å². The Morgan fingerprint density at radius 1 is 1.19 bits per heavy atom. The summed E-state index contributed by atoms with van der Waals surface area (Å²) in [5, 5.41) is 1.63. The van der Waals surface area contributed by atoms with Crippen molar-refractivity contribution in [2.75, 3.05) is 0 Å². The van der Waals surface area contributed by atoms with Crippen molar-refractivity contribution in [2.45, 2.75) is 26.8 Å². The molecule has 0 bridgehead atoms. The zero-order chi connectivity index (χ0) is 11.7. The molecule has 0 saturated carbocycles. The topological polar surface area (TPSA) is 26.0 Å². The van der Waals surface area contributed by atoms with E-state index >= 15 is 0 Å². The number of allylic oxidation sites excluding steroid dienone is 4. The van der Waals surface area contributed by atoms with Gasteiger partial charge in [0.2, 0.25) is 0 Å². The third kappa shape index (κ3) is 1.91. The van der Waals surface area contributed by atoms with Gasteiger partial charge >= 0.3 is 0 Å². The predicted molar refractivity (Wildman–Crippen MR) is 74.2 cm³/mol. The van der Waals surface area contributed by atoms with Gasteiger partial charge in [-0.1, -0.05) is 35.0 Å². The molecule has 2 rings (SSSR count). The second-order valence-corrected chi connectivity index (χ2v) is 5.85. The molecule has 1 aromatic carbocycles. The summed E-state index contributed by atoms with van der Waals surface area (Å²) in [4.78, 5) is 0. The molecule has 84 valence electrons. The smallest absolute Gasteiger partial charge is 0.0341 e. The fourth-order valence-electron chi connectivity index (χ4n) is 2.42. The zero-order valence-corrected chi connectivity index (χ0v) is 12.3. The Kier molecular flexibility index (Phi) is 3.12. The molecule has 0 aromatic heterocycles. The molecule has 0 fully saturated rings. The lowest BCUT2D eigenvalue weighted by Gasteiger charge is -2.08. The molecule has 0 saturated heterocycles. The molecule has 16 heavy (non-hydrogen) atoms. The maximum Gasteiger partial charge on any atom is 0.0341 e. The zero-order valence-electron chi connectivity index (χ0n) is 10.3. The molecule has 2 heteroatoms. The molecule has 1 nitrogen and oxygen atoms in total. The quantitative estimate of drug-likeness (QED) is 0.771. The predicted octanol–water partition coefficient (Wildman–Crippen LogP) is 1.96. The van der Waals surface area contributed by atoms with Crippen LogP contribution in [0.3, 0.4) is 0 Å². The van der Waals surface area contributed by atoms with E-state index in [-0.39, 0.29) is 0 Å².